The molecule has 11 aliphatic rings. The van der Waals surface area contributed by atoms with Crippen molar-refractivity contribution in [3.05, 3.63) is 182 Å². The first-order chi connectivity index (χ1) is 46.3. The molecular formula is C80H83I2O13PPd. The maximum Gasteiger partial charge on any atom is 0.318 e. The third-order valence-corrected chi connectivity index (χ3v) is 27.3. The Morgan fingerprint density at radius 1 is 0.412 bits per heavy atom. The first kappa shape index (κ1) is 72.2. The van der Waals surface area contributed by atoms with Crippen molar-refractivity contribution in [3.63, 3.8) is 0 Å². The first-order valence-corrected chi connectivity index (χ1v) is 37.9. The third kappa shape index (κ3) is 15.9. The van der Waals surface area contributed by atoms with Gasteiger partial charge in [-0.3, -0.25) is 38.4 Å². The Labute approximate surface area is 610 Å². The zero-order chi connectivity index (χ0) is 67.5. The second-order valence-electron chi connectivity index (χ2n) is 27.9. The number of esters is 6. The largest absolute Gasteiger partial charge is 0.481 e. The van der Waals surface area contributed by atoms with E-state index in [1.807, 2.05) is 12.2 Å². The van der Waals surface area contributed by atoms with Crippen molar-refractivity contribution in [3.8, 4) is 33.4 Å². The van der Waals surface area contributed by atoms with Gasteiger partial charge in [-0.05, 0) is 248 Å². The van der Waals surface area contributed by atoms with Gasteiger partial charge in [0.05, 0.1) is 35.5 Å². The average Bonchev–Trinajstić information content (AvgIpc) is 1.59. The Hall–Kier alpha value is -6.03. The Bertz CT molecular complexity index is 3690. The fourth-order valence-electron chi connectivity index (χ4n) is 18.3. The molecule has 3 saturated heterocycles. The summed E-state index contributed by atoms with van der Waals surface area (Å²) in [6.07, 6.45) is 23.5. The molecule has 3 heterocycles. The maximum atomic E-state index is 12.2. The molecule has 0 aromatic heterocycles. The van der Waals surface area contributed by atoms with Crippen LogP contribution in [0.3, 0.4) is 0 Å². The summed E-state index contributed by atoms with van der Waals surface area (Å²) in [5.41, 5.74) is 13.7. The van der Waals surface area contributed by atoms with Gasteiger partial charge in [-0.2, -0.15) is 0 Å². The van der Waals surface area contributed by atoms with Crippen LogP contribution in [-0.4, -0.2) is 69.3 Å². The number of aryl methyl sites for hydroxylation is 1. The van der Waals surface area contributed by atoms with Crippen LogP contribution < -0.4 is 5.30 Å². The molecule has 6 bridgehead atoms. The molecule has 0 amide bonds. The second kappa shape index (κ2) is 32.1. The van der Waals surface area contributed by atoms with Crippen molar-refractivity contribution in [2.75, 3.05) is 0 Å². The smallest absolute Gasteiger partial charge is 0.318 e. The third-order valence-electron chi connectivity index (χ3n) is 22.3. The molecule has 13 nitrogen and oxygen atoms in total. The van der Waals surface area contributed by atoms with Gasteiger partial charge in [-0.25, -0.2) is 0 Å². The van der Waals surface area contributed by atoms with E-state index in [2.05, 4.69) is 202 Å². The summed E-state index contributed by atoms with van der Waals surface area (Å²) in [5, 5.41) is 16.6. The molecule has 2 N–H and O–H groups in total. The predicted molar refractivity (Wildman–Crippen MR) is 386 cm³/mol. The molecule has 8 aliphatic carbocycles. The van der Waals surface area contributed by atoms with E-state index in [4.69, 9.17) is 29.3 Å². The number of carbonyl (C=O) groups is 8. The number of allylic oxidation sites excluding steroid dienone is 2. The van der Waals surface area contributed by atoms with Crippen LogP contribution in [0.4, 0.5) is 0 Å². The number of hydrogen-bond donors (Lipinski definition) is 2. The molecule has 7 saturated carbocycles. The number of rotatable bonds is 8. The summed E-state index contributed by atoms with van der Waals surface area (Å²) in [6.45, 7) is 4.44. The van der Waals surface area contributed by atoms with Crippen molar-refractivity contribution in [1.82, 2.24) is 0 Å². The summed E-state index contributed by atoms with van der Waals surface area (Å²) < 4.78 is 17.0. The number of hydrogen-bond acceptors (Lipinski definition) is 11. The van der Waals surface area contributed by atoms with Crippen LogP contribution in [0, 0.1) is 85.1 Å². The SMILES string of the molecule is CC(=O)O.CC(=O)O.Cc1ccccc1-c1ccccc1P(C1CCCCC1)C1CCCCC1.Ic1ccc(-c2ccc(I)cc2)cc1.O=C1OC(=O)C2C3C=CC(C3)C12.O=C1OC(=O)C2C3CC(CC3c3ccc(-c4ccc(C5CC6CC5C5C(=O)OC(=O)C65)cc4)cc3)C12.[Pd]. The molecule has 14 atom stereocenters. The molecule has 17 rings (SSSR count). The molecule has 17 heteroatoms. The van der Waals surface area contributed by atoms with Gasteiger partial charge < -0.3 is 24.4 Å². The first-order valence-electron chi connectivity index (χ1n) is 34.3. The number of benzene rings is 6. The van der Waals surface area contributed by atoms with Crippen LogP contribution in [0.5, 0.6) is 0 Å². The average molecular weight is 1640 g/mol. The summed E-state index contributed by atoms with van der Waals surface area (Å²) >= 11 is 4.64. The number of ether oxygens (including phenoxy) is 3. The number of carboxylic acids is 2. The fraction of sp³-hybridized carbons (Fsp3) is 0.425. The number of carboxylic acid groups (broad SMARTS) is 2. The minimum Gasteiger partial charge on any atom is -0.481 e. The predicted octanol–water partition coefficient (Wildman–Crippen LogP) is 16.9. The Balaban J connectivity index is 0.000000136. The quantitative estimate of drug-likeness (QED) is 0.0277. The summed E-state index contributed by atoms with van der Waals surface area (Å²) in [5.74, 6) is -2.63. The molecular weight excluding hydrogens is 1560 g/mol. The van der Waals surface area contributed by atoms with Crippen LogP contribution in [0.15, 0.2) is 158 Å². The van der Waals surface area contributed by atoms with Crippen LogP contribution >= 0.6 is 53.1 Å². The van der Waals surface area contributed by atoms with Crippen molar-refractivity contribution in [2.45, 2.75) is 140 Å². The van der Waals surface area contributed by atoms with E-state index < -0.39 is 11.9 Å². The number of carbonyl (C=O) groups excluding carboxylic acids is 6. The monoisotopic (exact) mass is 1640 g/mol. The molecule has 6 aromatic carbocycles. The van der Waals surface area contributed by atoms with Crippen molar-refractivity contribution < 1.29 is 83.2 Å². The summed E-state index contributed by atoms with van der Waals surface area (Å²) in [4.78, 5) is 88.9. The molecule has 6 aromatic rings. The summed E-state index contributed by atoms with van der Waals surface area (Å²) in [6, 6.07) is 52.9. The number of halogens is 2. The van der Waals surface area contributed by atoms with Gasteiger partial charge in [0.1, 0.15) is 0 Å². The Morgan fingerprint density at radius 2 is 0.742 bits per heavy atom. The Morgan fingerprint density at radius 3 is 1.12 bits per heavy atom. The molecule has 0 radical (unpaired) electrons. The Kier molecular flexibility index (Phi) is 23.9. The van der Waals surface area contributed by atoms with E-state index in [0.29, 0.717) is 11.8 Å². The van der Waals surface area contributed by atoms with Gasteiger partial charge in [0, 0.05) is 41.4 Å². The summed E-state index contributed by atoms with van der Waals surface area (Å²) in [7, 11) is -0.0489. The molecule has 3 aliphatic heterocycles. The van der Waals surface area contributed by atoms with Gasteiger partial charge >= 0.3 is 35.8 Å². The van der Waals surface area contributed by atoms with Gasteiger partial charge in [0.2, 0.25) is 0 Å². The van der Waals surface area contributed by atoms with E-state index >= 15 is 0 Å². The minimum absolute atomic E-state index is 0. The van der Waals surface area contributed by atoms with E-state index in [0.717, 1.165) is 68.4 Å². The minimum atomic E-state index is -0.833. The second-order valence-corrected chi connectivity index (χ2v) is 33.2. The standard InChI is InChI=1S/C30H26O6.C25H33P.C12H8I2.C9H8O3.2C2H4O2.Pd/c31-27-23-17-9-19(21(11-17)25(23)29(33)35-27)15-5-1-13(2-6-15)14-3-7-16(8-4-14)20-10-18-12-22(20)26-24(18)28(32)36-30(26)34;1-20-12-8-9-17-23(20)24-18-10-11-19-25(24)26(21-13-4-2-5-14-21)22-15-6-3-7-16-22;13-11-5-1-9(2-6-11)10-3-7-12(14)8-4-10;10-8-6-4-1-2-5(3-4)7(6)9(11)12-8;2*1-2(3)4;/h1-8,17-26H,9-12H2;8-12,17-19,21-22H,2-7,13-16H2,1H3;1-8H;1-2,4-7H,3H2;2*1H3,(H,3,4);. The fourth-order valence-corrected chi connectivity index (χ4v) is 23.0. The van der Waals surface area contributed by atoms with Crippen molar-refractivity contribution >= 4 is 106 Å². The molecule has 510 valence electrons. The van der Waals surface area contributed by atoms with Crippen LogP contribution in [0.2, 0.25) is 0 Å². The van der Waals surface area contributed by atoms with E-state index in [-0.39, 0.29) is 135 Å². The molecule has 0 spiro atoms. The molecule has 10 fully saturated rings. The van der Waals surface area contributed by atoms with E-state index in [1.165, 1.54) is 110 Å². The van der Waals surface area contributed by atoms with Gasteiger partial charge in [-0.15, -0.1) is 0 Å². The topological polar surface area (TPSA) is 205 Å². The van der Waals surface area contributed by atoms with Crippen LogP contribution in [-0.2, 0) is 73.0 Å². The van der Waals surface area contributed by atoms with Gasteiger partial charge in [-0.1, -0.05) is 180 Å². The van der Waals surface area contributed by atoms with E-state index in [9.17, 15) is 28.8 Å². The van der Waals surface area contributed by atoms with Crippen molar-refractivity contribution in [2.24, 2.45) is 71.0 Å². The van der Waals surface area contributed by atoms with Gasteiger partial charge in [0.25, 0.3) is 11.9 Å². The van der Waals surface area contributed by atoms with Crippen LogP contribution in [0.25, 0.3) is 33.4 Å². The number of cyclic esters (lactones) is 6. The zero-order valence-electron chi connectivity index (χ0n) is 54.8. The van der Waals surface area contributed by atoms with Crippen molar-refractivity contribution in [1.29, 1.82) is 0 Å². The molecule has 97 heavy (non-hydrogen) atoms. The van der Waals surface area contributed by atoms with E-state index in [1.54, 1.807) is 5.30 Å². The molecule has 14 unspecified atom stereocenters. The number of fused-ring (bicyclic) bond motifs is 15. The van der Waals surface area contributed by atoms with Gasteiger partial charge in [0.15, 0.2) is 0 Å². The van der Waals surface area contributed by atoms with Crippen LogP contribution in [0.1, 0.15) is 139 Å². The normalized spacial score (nSPS) is 28.7. The zero-order valence-corrected chi connectivity index (χ0v) is 61.5. The maximum absolute atomic E-state index is 12.2. The number of aliphatic carboxylic acids is 2.